The van der Waals surface area contributed by atoms with Gasteiger partial charge >= 0.3 is 0 Å². The van der Waals surface area contributed by atoms with Crippen LogP contribution in [0, 0.1) is 5.82 Å². The molecular weight excluding hydrogens is 247 g/mol. The second-order valence-corrected chi connectivity index (χ2v) is 4.28. The molecule has 1 amide bonds. The lowest BCUT2D eigenvalue weighted by Crippen LogP contribution is -2.26. The zero-order chi connectivity index (χ0) is 14.1. The summed E-state index contributed by atoms with van der Waals surface area (Å²) >= 11 is 0. The minimum absolute atomic E-state index is 0.0352. The van der Waals surface area contributed by atoms with Crippen molar-refractivity contribution in [3.63, 3.8) is 0 Å². The summed E-state index contributed by atoms with van der Waals surface area (Å²) in [5.74, 6) is -0.755. The quantitative estimate of drug-likeness (QED) is 0.709. The zero-order valence-corrected chi connectivity index (χ0v) is 11.2. The van der Waals surface area contributed by atoms with Crippen molar-refractivity contribution >= 4 is 5.91 Å². The highest BCUT2D eigenvalue weighted by Crippen LogP contribution is 2.20. The Balaban J connectivity index is 2.45. The molecule has 1 aromatic carbocycles. The summed E-state index contributed by atoms with van der Waals surface area (Å²) in [7, 11) is 1.42. The van der Waals surface area contributed by atoms with E-state index in [-0.39, 0.29) is 11.3 Å². The first-order valence-electron chi connectivity index (χ1n) is 6.51. The van der Waals surface area contributed by atoms with Crippen LogP contribution in [0.1, 0.15) is 36.0 Å². The highest BCUT2D eigenvalue weighted by Gasteiger charge is 2.16. The first-order valence-corrected chi connectivity index (χ1v) is 6.51. The minimum Gasteiger partial charge on any atom is -0.496 e. The molecule has 0 fully saturated rings. The molecule has 3 N–H and O–H groups in total. The average Bonchev–Trinajstić information content (AvgIpc) is 2.42. The van der Waals surface area contributed by atoms with Crippen molar-refractivity contribution in [1.82, 2.24) is 5.32 Å². The van der Waals surface area contributed by atoms with E-state index < -0.39 is 11.7 Å². The van der Waals surface area contributed by atoms with Crippen LogP contribution < -0.4 is 15.8 Å². The van der Waals surface area contributed by atoms with Crippen molar-refractivity contribution in [2.45, 2.75) is 25.7 Å². The second kappa shape index (κ2) is 8.48. The maximum atomic E-state index is 13.6. The van der Waals surface area contributed by atoms with E-state index in [1.807, 2.05) is 0 Å². The van der Waals surface area contributed by atoms with E-state index in [2.05, 4.69) is 5.32 Å². The molecule has 5 heteroatoms. The maximum absolute atomic E-state index is 13.6. The fraction of sp³-hybridized carbons (Fsp3) is 0.500. The molecule has 0 atom stereocenters. The monoisotopic (exact) mass is 268 g/mol. The van der Waals surface area contributed by atoms with Gasteiger partial charge in [0.2, 0.25) is 0 Å². The highest BCUT2D eigenvalue weighted by molar-refractivity contribution is 5.97. The topological polar surface area (TPSA) is 64.3 Å². The third-order valence-electron chi connectivity index (χ3n) is 2.84. The van der Waals surface area contributed by atoms with Gasteiger partial charge in [-0.25, -0.2) is 4.39 Å². The number of halogens is 1. The second-order valence-electron chi connectivity index (χ2n) is 4.28. The molecule has 0 spiro atoms. The molecule has 0 saturated heterocycles. The zero-order valence-electron chi connectivity index (χ0n) is 11.2. The van der Waals surface area contributed by atoms with Crippen LogP contribution in [0.15, 0.2) is 18.2 Å². The van der Waals surface area contributed by atoms with Gasteiger partial charge in [0.15, 0.2) is 0 Å². The molecule has 1 aromatic rings. The number of amides is 1. The summed E-state index contributed by atoms with van der Waals surface area (Å²) in [6.07, 6.45) is 3.92. The lowest BCUT2D eigenvalue weighted by atomic mass is 10.1. The van der Waals surface area contributed by atoms with Gasteiger partial charge < -0.3 is 15.8 Å². The molecule has 0 radical (unpaired) electrons. The standard InChI is InChI=1S/C14H21FN2O2/c1-19-12-8-6-7-11(15)13(12)14(18)17-10-5-3-2-4-9-16/h6-8H,2-5,9-10,16H2,1H3,(H,17,18). The molecule has 4 nitrogen and oxygen atoms in total. The van der Waals surface area contributed by atoms with Gasteiger partial charge in [0.05, 0.1) is 7.11 Å². The Kier molecular flexibility index (Phi) is 6.89. The SMILES string of the molecule is COc1cccc(F)c1C(=O)NCCCCCCN. The van der Waals surface area contributed by atoms with Crippen molar-refractivity contribution < 1.29 is 13.9 Å². The third kappa shape index (κ3) is 4.87. The van der Waals surface area contributed by atoms with Gasteiger partial charge in [0.25, 0.3) is 5.91 Å². The lowest BCUT2D eigenvalue weighted by Gasteiger charge is -2.10. The Labute approximate surface area is 113 Å². The van der Waals surface area contributed by atoms with Gasteiger partial charge in [-0.2, -0.15) is 0 Å². The summed E-state index contributed by atoms with van der Waals surface area (Å²) in [6.45, 7) is 1.22. The Hall–Kier alpha value is -1.62. The smallest absolute Gasteiger partial charge is 0.258 e. The predicted molar refractivity (Wildman–Crippen MR) is 72.8 cm³/mol. The third-order valence-corrected chi connectivity index (χ3v) is 2.84. The number of hydrogen-bond acceptors (Lipinski definition) is 3. The van der Waals surface area contributed by atoms with Gasteiger partial charge in [-0.3, -0.25) is 4.79 Å². The van der Waals surface area contributed by atoms with Crippen LogP contribution in [0.4, 0.5) is 4.39 Å². The van der Waals surface area contributed by atoms with Crippen molar-refractivity contribution in [2.24, 2.45) is 5.73 Å². The van der Waals surface area contributed by atoms with Crippen molar-refractivity contribution in [1.29, 1.82) is 0 Å². The number of carbonyl (C=O) groups excluding carboxylic acids is 1. The first kappa shape index (κ1) is 15.4. The summed E-state index contributed by atoms with van der Waals surface area (Å²) in [5, 5.41) is 2.70. The van der Waals surface area contributed by atoms with E-state index in [4.69, 9.17) is 10.5 Å². The molecule has 0 bridgehead atoms. The largest absolute Gasteiger partial charge is 0.496 e. The fourth-order valence-corrected chi connectivity index (χ4v) is 1.81. The molecule has 0 aromatic heterocycles. The molecule has 0 aliphatic heterocycles. The molecule has 0 aliphatic rings. The number of benzene rings is 1. The number of carbonyl (C=O) groups is 1. The molecule has 0 saturated carbocycles. The van der Waals surface area contributed by atoms with Gasteiger partial charge in [-0.05, 0) is 31.5 Å². The van der Waals surface area contributed by atoms with E-state index in [0.717, 1.165) is 25.7 Å². The summed E-state index contributed by atoms with van der Waals surface area (Å²) in [5.41, 5.74) is 5.36. The minimum atomic E-state index is -0.569. The van der Waals surface area contributed by atoms with Crippen LogP contribution in [-0.2, 0) is 0 Å². The molecule has 0 heterocycles. The molecule has 0 aliphatic carbocycles. The fourth-order valence-electron chi connectivity index (χ4n) is 1.81. The van der Waals surface area contributed by atoms with Gasteiger partial charge in [-0.1, -0.05) is 18.9 Å². The van der Waals surface area contributed by atoms with E-state index in [9.17, 15) is 9.18 Å². The molecule has 106 valence electrons. The Bertz CT molecular complexity index is 410. The highest BCUT2D eigenvalue weighted by atomic mass is 19.1. The normalized spacial score (nSPS) is 10.3. The van der Waals surface area contributed by atoms with Crippen molar-refractivity contribution in [2.75, 3.05) is 20.2 Å². The van der Waals surface area contributed by atoms with Crippen LogP contribution in [-0.4, -0.2) is 26.1 Å². The molecule has 0 unspecified atom stereocenters. The van der Waals surface area contributed by atoms with Crippen LogP contribution in [0.5, 0.6) is 5.75 Å². The molecular formula is C14H21FN2O2. The predicted octanol–water partition coefficient (Wildman–Crippen LogP) is 2.08. The number of nitrogens with one attached hydrogen (secondary N) is 1. The van der Waals surface area contributed by atoms with Crippen molar-refractivity contribution in [3.05, 3.63) is 29.6 Å². The Morgan fingerprint density at radius 3 is 2.74 bits per heavy atom. The number of nitrogens with two attached hydrogens (primary N) is 1. The van der Waals surface area contributed by atoms with Crippen LogP contribution in [0.3, 0.4) is 0 Å². The van der Waals surface area contributed by atoms with Crippen LogP contribution in [0.2, 0.25) is 0 Å². The number of ether oxygens (including phenoxy) is 1. The van der Waals surface area contributed by atoms with E-state index in [0.29, 0.717) is 13.1 Å². The Morgan fingerprint density at radius 2 is 2.05 bits per heavy atom. The van der Waals surface area contributed by atoms with Crippen LogP contribution >= 0.6 is 0 Å². The van der Waals surface area contributed by atoms with E-state index >= 15 is 0 Å². The number of unbranched alkanes of at least 4 members (excludes halogenated alkanes) is 3. The first-order chi connectivity index (χ1) is 9.20. The summed E-state index contributed by atoms with van der Waals surface area (Å²) in [4.78, 5) is 11.9. The molecule has 19 heavy (non-hydrogen) atoms. The van der Waals surface area contributed by atoms with Gasteiger partial charge in [-0.15, -0.1) is 0 Å². The van der Waals surface area contributed by atoms with Gasteiger partial charge in [0, 0.05) is 6.54 Å². The summed E-state index contributed by atoms with van der Waals surface area (Å²) < 4.78 is 18.6. The summed E-state index contributed by atoms with van der Waals surface area (Å²) in [6, 6.07) is 4.33. The van der Waals surface area contributed by atoms with Crippen LogP contribution in [0.25, 0.3) is 0 Å². The molecule has 1 rings (SSSR count). The number of hydrogen-bond donors (Lipinski definition) is 2. The number of methoxy groups -OCH3 is 1. The number of rotatable bonds is 8. The maximum Gasteiger partial charge on any atom is 0.258 e. The Morgan fingerprint density at radius 1 is 1.32 bits per heavy atom. The van der Waals surface area contributed by atoms with E-state index in [1.165, 1.54) is 19.2 Å². The lowest BCUT2D eigenvalue weighted by molar-refractivity contribution is 0.0945. The average molecular weight is 268 g/mol. The van der Waals surface area contributed by atoms with E-state index in [1.54, 1.807) is 6.07 Å². The van der Waals surface area contributed by atoms with Gasteiger partial charge in [0.1, 0.15) is 17.1 Å². The van der Waals surface area contributed by atoms with Crippen molar-refractivity contribution in [3.8, 4) is 5.75 Å².